The van der Waals surface area contributed by atoms with Gasteiger partial charge in [0.1, 0.15) is 0 Å². The molecule has 1 N–H and O–H groups in total. The molecule has 0 saturated carbocycles. The van der Waals surface area contributed by atoms with Crippen molar-refractivity contribution in [3.8, 4) is 0 Å². The molecule has 2 rings (SSSR count). The zero-order valence-electron chi connectivity index (χ0n) is 12.3. The van der Waals surface area contributed by atoms with Crippen LogP contribution in [0.2, 0.25) is 0 Å². The summed E-state index contributed by atoms with van der Waals surface area (Å²) in [6.07, 6.45) is 5.47. The van der Waals surface area contributed by atoms with E-state index in [1.807, 2.05) is 20.0 Å². The van der Waals surface area contributed by atoms with Crippen LogP contribution in [0.15, 0.2) is 11.0 Å². The Kier molecular flexibility index (Phi) is 5.60. The minimum absolute atomic E-state index is 0.508. The zero-order valence-corrected chi connectivity index (χ0v) is 13.9. The first kappa shape index (κ1) is 15.9. The van der Waals surface area contributed by atoms with Gasteiger partial charge < -0.3 is 5.32 Å². The summed E-state index contributed by atoms with van der Waals surface area (Å²) in [7, 11) is -1.44. The van der Waals surface area contributed by atoms with E-state index < -0.39 is 10.0 Å². The predicted octanol–water partition coefficient (Wildman–Crippen LogP) is 2.73. The number of nitrogens with zero attached hydrogens (tertiary/aromatic N) is 1. The number of thiophene rings is 1. The molecule has 20 heavy (non-hydrogen) atoms. The minimum Gasteiger partial charge on any atom is -0.315 e. The summed E-state index contributed by atoms with van der Waals surface area (Å²) in [4.78, 5) is 2.49. The lowest BCUT2D eigenvalue weighted by Gasteiger charge is -2.24. The van der Waals surface area contributed by atoms with Gasteiger partial charge in [0.25, 0.3) is 0 Å². The van der Waals surface area contributed by atoms with E-state index in [9.17, 15) is 8.42 Å². The standard InChI is InChI=1S/C14H24N2O2S2/c1-12-14(10-13(19-12)11-15-2)20(17,18)16-8-6-4-3-5-7-9-16/h10,15H,3-9,11H2,1-2H3. The fourth-order valence-corrected chi connectivity index (χ4v) is 5.77. The van der Waals surface area contributed by atoms with Crippen LogP contribution in [0.25, 0.3) is 0 Å². The lowest BCUT2D eigenvalue weighted by molar-refractivity contribution is 0.364. The maximum atomic E-state index is 12.8. The van der Waals surface area contributed by atoms with Crippen molar-refractivity contribution in [2.24, 2.45) is 0 Å². The van der Waals surface area contributed by atoms with Gasteiger partial charge in [0.05, 0.1) is 4.90 Å². The molecule has 0 aromatic carbocycles. The summed E-state index contributed by atoms with van der Waals surface area (Å²) in [6.45, 7) is 3.96. The van der Waals surface area contributed by atoms with Gasteiger partial charge in [-0.25, -0.2) is 8.42 Å². The highest BCUT2D eigenvalue weighted by molar-refractivity contribution is 7.89. The predicted molar refractivity (Wildman–Crippen MR) is 83.7 cm³/mol. The monoisotopic (exact) mass is 316 g/mol. The lowest BCUT2D eigenvalue weighted by Crippen LogP contribution is -2.33. The smallest absolute Gasteiger partial charge is 0.244 e. The Morgan fingerprint density at radius 1 is 1.20 bits per heavy atom. The van der Waals surface area contributed by atoms with Crippen molar-refractivity contribution in [1.82, 2.24) is 9.62 Å². The van der Waals surface area contributed by atoms with Crippen LogP contribution >= 0.6 is 11.3 Å². The molecule has 6 heteroatoms. The van der Waals surface area contributed by atoms with Gasteiger partial charge in [0.15, 0.2) is 0 Å². The van der Waals surface area contributed by atoms with E-state index in [1.54, 1.807) is 15.6 Å². The number of nitrogens with one attached hydrogen (secondary N) is 1. The van der Waals surface area contributed by atoms with E-state index in [0.29, 0.717) is 18.0 Å². The highest BCUT2D eigenvalue weighted by Gasteiger charge is 2.27. The van der Waals surface area contributed by atoms with E-state index >= 15 is 0 Å². The maximum absolute atomic E-state index is 12.8. The Hall–Kier alpha value is -0.430. The highest BCUT2D eigenvalue weighted by atomic mass is 32.2. The molecular weight excluding hydrogens is 292 g/mol. The maximum Gasteiger partial charge on any atom is 0.244 e. The van der Waals surface area contributed by atoms with Crippen molar-refractivity contribution in [3.63, 3.8) is 0 Å². The third-order valence-corrected chi connectivity index (χ3v) is 6.91. The van der Waals surface area contributed by atoms with Gasteiger partial charge in [-0.1, -0.05) is 19.3 Å². The van der Waals surface area contributed by atoms with Crippen LogP contribution in [0.5, 0.6) is 0 Å². The van der Waals surface area contributed by atoms with Crippen molar-refractivity contribution in [2.75, 3.05) is 20.1 Å². The molecule has 0 aliphatic carbocycles. The largest absolute Gasteiger partial charge is 0.315 e. The van der Waals surface area contributed by atoms with E-state index in [4.69, 9.17) is 0 Å². The van der Waals surface area contributed by atoms with E-state index in [1.165, 1.54) is 6.42 Å². The highest BCUT2D eigenvalue weighted by Crippen LogP contribution is 2.29. The van der Waals surface area contributed by atoms with Gasteiger partial charge in [-0.05, 0) is 32.9 Å². The molecule has 0 atom stereocenters. The Labute approximate surface area is 126 Å². The Morgan fingerprint density at radius 2 is 1.80 bits per heavy atom. The lowest BCUT2D eigenvalue weighted by atomic mass is 10.1. The molecule has 1 fully saturated rings. The summed E-state index contributed by atoms with van der Waals surface area (Å²) < 4.78 is 27.3. The number of sulfonamides is 1. The van der Waals surface area contributed by atoms with E-state index in [2.05, 4.69) is 5.32 Å². The molecule has 0 unspecified atom stereocenters. The molecule has 4 nitrogen and oxygen atoms in total. The fraction of sp³-hybridized carbons (Fsp3) is 0.714. The van der Waals surface area contributed by atoms with Crippen LogP contribution in [-0.2, 0) is 16.6 Å². The van der Waals surface area contributed by atoms with Crippen LogP contribution in [0, 0.1) is 6.92 Å². The van der Waals surface area contributed by atoms with E-state index in [-0.39, 0.29) is 0 Å². The van der Waals surface area contributed by atoms with Gasteiger partial charge >= 0.3 is 0 Å². The van der Waals surface area contributed by atoms with Crippen molar-refractivity contribution < 1.29 is 8.42 Å². The zero-order chi connectivity index (χ0) is 14.6. The molecule has 1 aliphatic rings. The number of hydrogen-bond donors (Lipinski definition) is 1. The molecule has 1 saturated heterocycles. The normalized spacial score (nSPS) is 18.7. The van der Waals surface area contributed by atoms with Crippen LogP contribution in [0.1, 0.15) is 41.9 Å². The molecule has 1 aromatic rings. The van der Waals surface area contributed by atoms with Gasteiger partial charge in [-0.15, -0.1) is 11.3 Å². The van der Waals surface area contributed by atoms with Crippen molar-refractivity contribution in [1.29, 1.82) is 0 Å². The molecule has 114 valence electrons. The van der Waals surface area contributed by atoms with Gasteiger partial charge in [-0.2, -0.15) is 4.31 Å². The topological polar surface area (TPSA) is 49.4 Å². The number of hydrogen-bond acceptors (Lipinski definition) is 4. The van der Waals surface area contributed by atoms with Crippen LogP contribution in [0.3, 0.4) is 0 Å². The van der Waals surface area contributed by atoms with Crippen LogP contribution in [-0.4, -0.2) is 32.9 Å². The third-order valence-electron chi connectivity index (χ3n) is 3.71. The first-order chi connectivity index (χ1) is 9.55. The first-order valence-electron chi connectivity index (χ1n) is 7.30. The minimum atomic E-state index is -3.31. The van der Waals surface area contributed by atoms with Crippen molar-refractivity contribution in [2.45, 2.75) is 50.5 Å². The summed E-state index contributed by atoms with van der Waals surface area (Å²) in [5.74, 6) is 0. The van der Waals surface area contributed by atoms with Crippen LogP contribution in [0.4, 0.5) is 0 Å². The van der Waals surface area contributed by atoms with Gasteiger partial charge in [-0.3, -0.25) is 0 Å². The molecule has 0 spiro atoms. The summed E-state index contributed by atoms with van der Waals surface area (Å²) in [6, 6.07) is 1.84. The number of aryl methyl sites for hydroxylation is 1. The summed E-state index contributed by atoms with van der Waals surface area (Å²) in [5.41, 5.74) is 0. The van der Waals surface area contributed by atoms with E-state index in [0.717, 1.165) is 42.0 Å². The average Bonchev–Trinajstić information content (AvgIpc) is 2.70. The second-order valence-electron chi connectivity index (χ2n) is 5.34. The average molecular weight is 316 g/mol. The quantitative estimate of drug-likeness (QED) is 0.929. The van der Waals surface area contributed by atoms with Crippen LogP contribution < -0.4 is 5.32 Å². The third kappa shape index (κ3) is 3.61. The number of rotatable bonds is 4. The Balaban J connectivity index is 2.23. The van der Waals surface area contributed by atoms with Crippen molar-refractivity contribution in [3.05, 3.63) is 15.8 Å². The molecule has 0 amide bonds. The summed E-state index contributed by atoms with van der Waals surface area (Å²) >= 11 is 1.57. The second-order valence-corrected chi connectivity index (χ2v) is 8.58. The molecule has 0 radical (unpaired) electrons. The second kappa shape index (κ2) is 7.02. The first-order valence-corrected chi connectivity index (χ1v) is 9.55. The molecule has 1 aliphatic heterocycles. The van der Waals surface area contributed by atoms with Gasteiger partial charge in [0, 0.05) is 29.4 Å². The fourth-order valence-electron chi connectivity index (χ4n) is 2.64. The Bertz CT molecular complexity index is 529. The molecular formula is C14H24N2O2S2. The molecule has 0 bridgehead atoms. The molecule has 2 heterocycles. The summed E-state index contributed by atoms with van der Waals surface area (Å²) in [5, 5.41) is 3.08. The van der Waals surface area contributed by atoms with Crippen molar-refractivity contribution >= 4 is 21.4 Å². The molecule has 1 aromatic heterocycles. The SMILES string of the molecule is CNCc1cc(S(=O)(=O)N2CCCCCCC2)c(C)s1. The Morgan fingerprint density at radius 3 is 2.40 bits per heavy atom. The van der Waals surface area contributed by atoms with Gasteiger partial charge in [0.2, 0.25) is 10.0 Å².